The van der Waals surface area contributed by atoms with E-state index in [1.54, 1.807) is 57.2 Å². The van der Waals surface area contributed by atoms with Crippen molar-refractivity contribution in [3.8, 4) is 0 Å². The minimum absolute atomic E-state index is 0.0837. The fourth-order valence-electron chi connectivity index (χ4n) is 2.57. The Morgan fingerprint density at radius 1 is 0.966 bits per heavy atom. The van der Waals surface area contributed by atoms with E-state index in [1.165, 1.54) is 12.1 Å². The van der Waals surface area contributed by atoms with Crippen molar-refractivity contribution in [3.05, 3.63) is 60.2 Å². The van der Waals surface area contributed by atoms with Gasteiger partial charge in [0.2, 0.25) is 15.9 Å². The Kier molecular flexibility index (Phi) is 7.53. The number of hydrogen-bond donors (Lipinski definition) is 3. The number of nitrogens with one attached hydrogen (secondary N) is 3. The Morgan fingerprint density at radius 3 is 2.31 bits per heavy atom. The molecule has 0 radical (unpaired) electrons. The highest BCUT2D eigenvalue weighted by Crippen LogP contribution is 2.17. The van der Waals surface area contributed by atoms with E-state index in [4.69, 9.17) is 0 Å². The van der Waals surface area contributed by atoms with E-state index in [1.807, 2.05) is 6.07 Å². The number of amides is 2. The predicted octanol–water partition coefficient (Wildman–Crippen LogP) is 2.91. The van der Waals surface area contributed by atoms with Crippen LogP contribution in [0.2, 0.25) is 0 Å². The van der Waals surface area contributed by atoms with Gasteiger partial charge in [-0.2, -0.15) is 0 Å². The lowest BCUT2D eigenvalue weighted by Crippen LogP contribution is -2.40. The first-order valence-corrected chi connectivity index (χ1v) is 10.8. The fraction of sp³-hybridized carbons (Fsp3) is 0.333. The highest BCUT2D eigenvalue weighted by Gasteiger charge is 2.22. The van der Waals surface area contributed by atoms with E-state index in [0.29, 0.717) is 24.2 Å². The molecule has 0 spiro atoms. The van der Waals surface area contributed by atoms with Crippen LogP contribution < -0.4 is 15.4 Å². The van der Waals surface area contributed by atoms with Crippen molar-refractivity contribution >= 4 is 27.5 Å². The zero-order chi connectivity index (χ0) is 21.5. The van der Waals surface area contributed by atoms with Crippen molar-refractivity contribution in [1.29, 1.82) is 0 Å². The number of hydrogen-bond acceptors (Lipinski definition) is 4. The summed E-state index contributed by atoms with van der Waals surface area (Å²) in [6.07, 6.45) is 0.667. The van der Waals surface area contributed by atoms with Gasteiger partial charge in [-0.25, -0.2) is 13.1 Å². The molecule has 0 saturated carbocycles. The third kappa shape index (κ3) is 7.67. The van der Waals surface area contributed by atoms with E-state index in [-0.39, 0.29) is 23.1 Å². The highest BCUT2D eigenvalue weighted by atomic mass is 32.2. The standard InChI is InChI=1S/C21H27N3O4S/c1-21(2,3)24-29(27,28)18-12-7-11-17(15-18)23-19(25)13-8-14-22-20(26)16-9-5-4-6-10-16/h4-7,9-12,15,24H,8,13-14H2,1-3H3,(H,22,26)(H,23,25). The summed E-state index contributed by atoms with van der Waals surface area (Å²) in [5, 5.41) is 5.46. The molecule has 3 N–H and O–H groups in total. The average Bonchev–Trinajstić information content (AvgIpc) is 2.64. The van der Waals surface area contributed by atoms with Crippen LogP contribution in [0.3, 0.4) is 0 Å². The fourth-order valence-corrected chi connectivity index (χ4v) is 4.03. The van der Waals surface area contributed by atoms with Crippen LogP contribution in [0.5, 0.6) is 0 Å². The van der Waals surface area contributed by atoms with E-state index in [2.05, 4.69) is 15.4 Å². The highest BCUT2D eigenvalue weighted by molar-refractivity contribution is 7.89. The number of anilines is 1. The molecule has 0 heterocycles. The minimum atomic E-state index is -3.68. The second kappa shape index (κ2) is 9.67. The Hall–Kier alpha value is -2.71. The van der Waals surface area contributed by atoms with Crippen molar-refractivity contribution in [3.63, 3.8) is 0 Å². The topological polar surface area (TPSA) is 104 Å². The maximum Gasteiger partial charge on any atom is 0.251 e. The van der Waals surface area contributed by atoms with Gasteiger partial charge in [0.1, 0.15) is 0 Å². The molecule has 0 unspecified atom stereocenters. The third-order valence-corrected chi connectivity index (χ3v) is 5.53. The SMILES string of the molecule is CC(C)(C)NS(=O)(=O)c1cccc(NC(=O)CCCNC(=O)c2ccccc2)c1. The van der Waals surface area contributed by atoms with Crippen LogP contribution in [0.4, 0.5) is 5.69 Å². The first kappa shape index (κ1) is 22.6. The molecule has 0 atom stereocenters. The molecule has 0 bridgehead atoms. The Balaban J connectivity index is 1.84. The normalized spacial score (nSPS) is 11.7. The van der Waals surface area contributed by atoms with Crippen LogP contribution in [-0.2, 0) is 14.8 Å². The van der Waals surface area contributed by atoms with Gasteiger partial charge in [-0.15, -0.1) is 0 Å². The molecule has 0 aliphatic heterocycles. The Morgan fingerprint density at radius 2 is 1.66 bits per heavy atom. The van der Waals surface area contributed by atoms with Gasteiger partial charge in [-0.05, 0) is 57.5 Å². The van der Waals surface area contributed by atoms with Gasteiger partial charge >= 0.3 is 0 Å². The summed E-state index contributed by atoms with van der Waals surface area (Å²) < 4.78 is 27.4. The van der Waals surface area contributed by atoms with Crippen molar-refractivity contribution < 1.29 is 18.0 Å². The lowest BCUT2D eigenvalue weighted by Gasteiger charge is -2.20. The number of carbonyl (C=O) groups excluding carboxylic acids is 2. The van der Waals surface area contributed by atoms with Gasteiger partial charge in [-0.1, -0.05) is 24.3 Å². The molecular formula is C21H27N3O4S. The molecule has 0 aromatic heterocycles. The molecule has 2 aromatic carbocycles. The molecule has 2 amide bonds. The molecule has 0 aliphatic rings. The molecule has 0 fully saturated rings. The van der Waals surface area contributed by atoms with E-state index in [0.717, 1.165) is 0 Å². The first-order chi connectivity index (χ1) is 13.6. The lowest BCUT2D eigenvalue weighted by molar-refractivity contribution is -0.116. The number of carbonyl (C=O) groups is 2. The third-order valence-electron chi connectivity index (χ3n) is 3.77. The molecule has 2 aromatic rings. The second-order valence-electron chi connectivity index (χ2n) is 7.66. The molecule has 0 aliphatic carbocycles. The summed E-state index contributed by atoms with van der Waals surface area (Å²) >= 11 is 0. The summed E-state index contributed by atoms with van der Waals surface area (Å²) in [7, 11) is -3.68. The van der Waals surface area contributed by atoms with Gasteiger partial charge in [-0.3, -0.25) is 9.59 Å². The van der Waals surface area contributed by atoms with Gasteiger partial charge in [0.05, 0.1) is 4.90 Å². The molecule has 29 heavy (non-hydrogen) atoms. The van der Waals surface area contributed by atoms with E-state index in [9.17, 15) is 18.0 Å². The van der Waals surface area contributed by atoms with Crippen LogP contribution in [-0.4, -0.2) is 32.3 Å². The predicted molar refractivity (Wildman–Crippen MR) is 113 cm³/mol. The number of rotatable bonds is 8. The van der Waals surface area contributed by atoms with Crippen molar-refractivity contribution in [2.45, 2.75) is 44.0 Å². The Bertz CT molecular complexity index is 951. The molecular weight excluding hydrogens is 390 g/mol. The quantitative estimate of drug-likeness (QED) is 0.575. The maximum atomic E-state index is 12.4. The summed E-state index contributed by atoms with van der Waals surface area (Å²) in [5.41, 5.74) is 0.362. The van der Waals surface area contributed by atoms with Crippen LogP contribution in [0, 0.1) is 0 Å². The molecule has 156 valence electrons. The zero-order valence-corrected chi connectivity index (χ0v) is 17.7. The van der Waals surface area contributed by atoms with Gasteiger partial charge in [0.15, 0.2) is 0 Å². The number of sulfonamides is 1. The van der Waals surface area contributed by atoms with Gasteiger partial charge < -0.3 is 10.6 Å². The second-order valence-corrected chi connectivity index (χ2v) is 9.34. The molecule has 8 heteroatoms. The van der Waals surface area contributed by atoms with Crippen LogP contribution in [0.1, 0.15) is 44.0 Å². The summed E-state index contributed by atoms with van der Waals surface area (Å²) in [6, 6.07) is 14.9. The van der Waals surface area contributed by atoms with Crippen LogP contribution in [0.25, 0.3) is 0 Å². The summed E-state index contributed by atoms with van der Waals surface area (Å²) in [4.78, 5) is 24.1. The van der Waals surface area contributed by atoms with Crippen molar-refractivity contribution in [2.24, 2.45) is 0 Å². The van der Waals surface area contributed by atoms with Gasteiger partial charge in [0.25, 0.3) is 5.91 Å². The smallest absolute Gasteiger partial charge is 0.251 e. The van der Waals surface area contributed by atoms with Crippen molar-refractivity contribution in [2.75, 3.05) is 11.9 Å². The average molecular weight is 418 g/mol. The summed E-state index contributed by atoms with van der Waals surface area (Å²) in [5.74, 6) is -0.437. The number of benzene rings is 2. The van der Waals surface area contributed by atoms with Gasteiger partial charge in [0, 0.05) is 29.8 Å². The van der Waals surface area contributed by atoms with E-state index >= 15 is 0 Å². The maximum absolute atomic E-state index is 12.4. The lowest BCUT2D eigenvalue weighted by atomic mass is 10.1. The molecule has 0 saturated heterocycles. The van der Waals surface area contributed by atoms with Crippen LogP contribution >= 0.6 is 0 Å². The van der Waals surface area contributed by atoms with Crippen molar-refractivity contribution in [1.82, 2.24) is 10.0 Å². The summed E-state index contributed by atoms with van der Waals surface area (Å²) in [6.45, 7) is 5.64. The zero-order valence-electron chi connectivity index (χ0n) is 16.9. The first-order valence-electron chi connectivity index (χ1n) is 9.34. The molecule has 7 nitrogen and oxygen atoms in total. The monoisotopic (exact) mass is 417 g/mol. The molecule has 2 rings (SSSR count). The van der Waals surface area contributed by atoms with Crippen LogP contribution in [0.15, 0.2) is 59.5 Å². The van der Waals surface area contributed by atoms with E-state index < -0.39 is 15.6 Å². The largest absolute Gasteiger partial charge is 0.352 e. The minimum Gasteiger partial charge on any atom is -0.352 e. The Labute approximate surface area is 172 Å².